The van der Waals surface area contributed by atoms with Gasteiger partial charge in [0.05, 0.1) is 6.42 Å². The molecule has 0 unspecified atom stereocenters. The summed E-state index contributed by atoms with van der Waals surface area (Å²) < 4.78 is 1.23. The Hall–Kier alpha value is -2.96. The van der Waals surface area contributed by atoms with Gasteiger partial charge in [-0.25, -0.2) is 4.68 Å². The lowest BCUT2D eigenvalue weighted by Gasteiger charge is -2.35. The number of nitrogens with one attached hydrogen (secondary N) is 2. The molecule has 3 rings (SSSR count). The lowest BCUT2D eigenvalue weighted by Crippen LogP contribution is -2.49. The van der Waals surface area contributed by atoms with Crippen LogP contribution in [0.3, 0.4) is 0 Å². The molecule has 7 nitrogen and oxygen atoms in total. The zero-order valence-corrected chi connectivity index (χ0v) is 14.3. The van der Waals surface area contributed by atoms with Gasteiger partial charge < -0.3 is 9.80 Å². The van der Waals surface area contributed by atoms with Crippen molar-refractivity contribution in [1.29, 1.82) is 10.8 Å². The van der Waals surface area contributed by atoms with Crippen LogP contribution in [0.5, 0.6) is 0 Å². The van der Waals surface area contributed by atoms with Gasteiger partial charge in [-0.2, -0.15) is 0 Å². The second kappa shape index (κ2) is 7.29. The first-order valence-electron chi connectivity index (χ1n) is 8.30. The molecule has 1 saturated heterocycles. The molecule has 1 fully saturated rings. The number of hydrogen-bond donors (Lipinski definition) is 2. The van der Waals surface area contributed by atoms with Crippen LogP contribution in [0, 0.1) is 17.7 Å². The minimum atomic E-state index is 0.146. The van der Waals surface area contributed by atoms with Crippen molar-refractivity contribution in [2.45, 2.75) is 13.3 Å². The fraction of sp³-hybridized carbons (Fsp3) is 0.333. The molecule has 2 N–H and O–H groups in total. The molecule has 1 aliphatic heterocycles. The van der Waals surface area contributed by atoms with E-state index in [2.05, 4.69) is 10.00 Å². The van der Waals surface area contributed by atoms with Crippen molar-refractivity contribution in [2.75, 3.05) is 31.1 Å². The number of carbonyl (C=O) groups is 1. The summed E-state index contributed by atoms with van der Waals surface area (Å²) in [6.07, 6.45) is 1.45. The number of amides is 1. The van der Waals surface area contributed by atoms with Gasteiger partial charge in [-0.15, -0.1) is 5.10 Å². The average Bonchev–Trinajstić information content (AvgIpc) is 2.64. The monoisotopic (exact) mass is 338 g/mol. The van der Waals surface area contributed by atoms with Crippen LogP contribution in [-0.4, -0.2) is 53.1 Å². The van der Waals surface area contributed by atoms with Crippen molar-refractivity contribution in [1.82, 2.24) is 14.7 Å². The number of hydrogen-bond acceptors (Lipinski definition) is 5. The number of anilines is 1. The molecule has 2 aromatic rings. The summed E-state index contributed by atoms with van der Waals surface area (Å²) in [6.45, 7) is 4.73. The molecule has 1 amide bonds. The van der Waals surface area contributed by atoms with Crippen LogP contribution < -0.4 is 10.4 Å². The fourth-order valence-corrected chi connectivity index (χ4v) is 2.87. The Morgan fingerprint density at radius 2 is 1.80 bits per heavy atom. The van der Waals surface area contributed by atoms with E-state index in [1.165, 1.54) is 10.2 Å². The standard InChI is InChI=1S/C18H22N6O/c1-14-2-4-15(5-3-14)12-18(25)23-10-8-22(9-11-23)17-7-6-16(20)24(13-19)21-17/h2-7,13,19-20H,8-12H2,1H3. The van der Waals surface area contributed by atoms with Crippen molar-refractivity contribution in [3.63, 3.8) is 0 Å². The molecule has 2 heterocycles. The third-order valence-electron chi connectivity index (χ3n) is 4.40. The van der Waals surface area contributed by atoms with Crippen molar-refractivity contribution in [3.8, 4) is 0 Å². The number of nitrogens with zero attached hydrogens (tertiary/aromatic N) is 4. The highest BCUT2D eigenvalue weighted by Gasteiger charge is 2.22. The van der Waals surface area contributed by atoms with Gasteiger partial charge in [0.25, 0.3) is 0 Å². The third-order valence-corrected chi connectivity index (χ3v) is 4.40. The molecule has 0 saturated carbocycles. The van der Waals surface area contributed by atoms with Gasteiger partial charge in [-0.1, -0.05) is 29.8 Å². The third kappa shape index (κ3) is 3.93. The van der Waals surface area contributed by atoms with E-state index in [4.69, 9.17) is 10.8 Å². The topological polar surface area (TPSA) is 89.1 Å². The van der Waals surface area contributed by atoms with E-state index in [0.717, 1.165) is 17.7 Å². The first-order chi connectivity index (χ1) is 12.1. The Balaban J connectivity index is 1.59. The Bertz CT molecular complexity index is 818. The number of benzene rings is 1. The van der Waals surface area contributed by atoms with E-state index in [1.54, 1.807) is 12.1 Å². The predicted molar refractivity (Wildman–Crippen MR) is 95.9 cm³/mol. The molecule has 0 radical (unpaired) electrons. The summed E-state index contributed by atoms with van der Waals surface area (Å²) in [5.74, 6) is 0.873. The van der Waals surface area contributed by atoms with E-state index >= 15 is 0 Å². The Morgan fingerprint density at radius 1 is 1.12 bits per heavy atom. The van der Waals surface area contributed by atoms with Crippen LogP contribution in [0.15, 0.2) is 36.4 Å². The minimum Gasteiger partial charge on any atom is -0.352 e. The summed E-state index contributed by atoms with van der Waals surface area (Å²) in [5.41, 5.74) is 2.40. The zero-order chi connectivity index (χ0) is 17.8. The van der Waals surface area contributed by atoms with Gasteiger partial charge >= 0.3 is 0 Å². The van der Waals surface area contributed by atoms with Gasteiger partial charge in [0.2, 0.25) is 5.91 Å². The van der Waals surface area contributed by atoms with Gasteiger partial charge in [0.15, 0.2) is 0 Å². The summed E-state index contributed by atoms with van der Waals surface area (Å²) in [5, 5.41) is 19.2. The van der Waals surface area contributed by atoms with Crippen LogP contribution in [-0.2, 0) is 11.2 Å². The average molecular weight is 338 g/mol. The van der Waals surface area contributed by atoms with E-state index in [-0.39, 0.29) is 11.4 Å². The lowest BCUT2D eigenvalue weighted by molar-refractivity contribution is -0.130. The predicted octanol–water partition coefficient (Wildman–Crippen LogP) is 1.02. The van der Waals surface area contributed by atoms with Crippen molar-refractivity contribution in [2.24, 2.45) is 0 Å². The highest BCUT2D eigenvalue weighted by atomic mass is 16.2. The van der Waals surface area contributed by atoms with Gasteiger partial charge in [0, 0.05) is 26.2 Å². The fourth-order valence-electron chi connectivity index (χ4n) is 2.87. The maximum Gasteiger partial charge on any atom is 0.227 e. The SMILES string of the molecule is Cc1ccc(CC(=O)N2CCN(c3ccc(=N)n(C=N)n3)CC2)cc1. The molecule has 0 atom stereocenters. The molecule has 0 spiro atoms. The Kier molecular flexibility index (Phi) is 4.92. The van der Waals surface area contributed by atoms with E-state index < -0.39 is 0 Å². The molecule has 1 aromatic carbocycles. The first kappa shape index (κ1) is 16.9. The maximum atomic E-state index is 12.5. The van der Waals surface area contributed by atoms with Crippen LogP contribution in [0.1, 0.15) is 11.1 Å². The minimum absolute atomic E-state index is 0.146. The quantitative estimate of drug-likeness (QED) is 0.644. The molecule has 1 aliphatic rings. The molecule has 0 bridgehead atoms. The highest BCUT2D eigenvalue weighted by Crippen LogP contribution is 2.13. The van der Waals surface area contributed by atoms with Crippen molar-refractivity contribution >= 4 is 18.1 Å². The van der Waals surface area contributed by atoms with Gasteiger partial charge in [0.1, 0.15) is 17.6 Å². The molecule has 0 aliphatic carbocycles. The Labute approximate surface area is 146 Å². The molecule has 1 aromatic heterocycles. The molecule has 7 heteroatoms. The lowest BCUT2D eigenvalue weighted by atomic mass is 10.1. The molecule has 130 valence electrons. The first-order valence-corrected chi connectivity index (χ1v) is 8.30. The van der Waals surface area contributed by atoms with E-state index in [0.29, 0.717) is 32.6 Å². The number of carbonyl (C=O) groups excluding carboxylic acids is 1. The summed E-state index contributed by atoms with van der Waals surface area (Å²) in [4.78, 5) is 16.4. The molecule has 25 heavy (non-hydrogen) atoms. The number of aryl methyl sites for hydroxylation is 1. The van der Waals surface area contributed by atoms with E-state index in [1.807, 2.05) is 36.1 Å². The van der Waals surface area contributed by atoms with Crippen LogP contribution >= 0.6 is 0 Å². The maximum absolute atomic E-state index is 12.5. The Morgan fingerprint density at radius 3 is 2.44 bits per heavy atom. The highest BCUT2D eigenvalue weighted by molar-refractivity contribution is 5.79. The largest absolute Gasteiger partial charge is 0.352 e. The molecular formula is C18H22N6O. The summed E-state index contributed by atoms with van der Waals surface area (Å²) in [6, 6.07) is 11.5. The molecular weight excluding hydrogens is 316 g/mol. The van der Waals surface area contributed by atoms with Gasteiger partial charge in [-0.05, 0) is 24.6 Å². The van der Waals surface area contributed by atoms with Crippen molar-refractivity contribution in [3.05, 3.63) is 53.0 Å². The summed E-state index contributed by atoms with van der Waals surface area (Å²) in [7, 11) is 0. The van der Waals surface area contributed by atoms with E-state index in [9.17, 15) is 4.79 Å². The second-order valence-electron chi connectivity index (χ2n) is 6.18. The normalized spacial score (nSPS) is 14.4. The second-order valence-corrected chi connectivity index (χ2v) is 6.18. The summed E-state index contributed by atoms with van der Waals surface area (Å²) >= 11 is 0. The van der Waals surface area contributed by atoms with Crippen LogP contribution in [0.4, 0.5) is 5.82 Å². The van der Waals surface area contributed by atoms with Crippen LogP contribution in [0.2, 0.25) is 0 Å². The number of piperazine rings is 1. The zero-order valence-electron chi connectivity index (χ0n) is 14.3. The van der Waals surface area contributed by atoms with Crippen LogP contribution in [0.25, 0.3) is 0 Å². The van der Waals surface area contributed by atoms with Gasteiger partial charge in [-0.3, -0.25) is 15.6 Å². The smallest absolute Gasteiger partial charge is 0.227 e. The number of aromatic nitrogens is 2. The van der Waals surface area contributed by atoms with Crippen molar-refractivity contribution < 1.29 is 4.79 Å². The number of rotatable bonds is 4.